The molecule has 0 heterocycles. The topological polar surface area (TPSA) is 415 Å². The zero-order valence-corrected chi connectivity index (χ0v) is 71.7. The fraction of sp³-hybridized carbons (Fsp3) is 0.866. The minimum Gasteiger partial charge on any atom is -1.00 e. The second-order valence-electron chi connectivity index (χ2n) is 22.5. The van der Waals surface area contributed by atoms with E-state index in [0.29, 0.717) is 12.8 Å². The molecule has 26 heteroatoms. The summed E-state index contributed by atoms with van der Waals surface area (Å²) < 4.78 is 42.3. The number of aliphatic hydroxyl groups is 2. The first-order chi connectivity index (χ1) is 38.8. The summed E-state index contributed by atoms with van der Waals surface area (Å²) in [7, 11) is -9.38. The van der Waals surface area contributed by atoms with E-state index in [4.69, 9.17) is 38.9 Å². The van der Waals surface area contributed by atoms with Crippen LogP contribution in [0.3, 0.4) is 0 Å². The van der Waals surface area contributed by atoms with Crippen LogP contribution in [0, 0.1) is 22.3 Å². The van der Waals surface area contributed by atoms with Crippen molar-refractivity contribution in [1.29, 1.82) is 0 Å². The number of unbranched alkanes of at least 4 members (excludes halogenated alkanes) is 38. The van der Waals surface area contributed by atoms with Crippen LogP contribution in [-0.2, 0) is 79.4 Å². The molecule has 0 aromatic carbocycles. The largest absolute Gasteiger partial charge is 4.00 e. The van der Waals surface area contributed by atoms with E-state index in [9.17, 15) is 23.6 Å². The molecule has 93 heavy (non-hydrogen) atoms. The van der Waals surface area contributed by atoms with Gasteiger partial charge in [-0.1, -0.05) is 278 Å². The average molecular weight is 1780 g/mol. The van der Waals surface area contributed by atoms with Crippen LogP contribution >= 0.6 is 15.6 Å². The summed E-state index contributed by atoms with van der Waals surface area (Å²) in [5.74, 6) is -0.937. The van der Waals surface area contributed by atoms with E-state index < -0.39 is 46.3 Å². The molecule has 0 amide bonds. The Morgan fingerprint density at radius 2 is 0.699 bits per heavy atom. The van der Waals surface area contributed by atoms with Gasteiger partial charge in [-0.2, -0.15) is 0 Å². The summed E-state index contributed by atoms with van der Waals surface area (Å²) in [5, 5.41) is 15.3. The molecular formula is C67H149KN6NaO14P2Pt2-3. The molecule has 0 aliphatic heterocycles. The van der Waals surface area contributed by atoms with Gasteiger partial charge in [-0.25, -0.2) is 4.57 Å². The van der Waals surface area contributed by atoms with Crippen LogP contribution in [0.1, 0.15) is 345 Å². The van der Waals surface area contributed by atoms with Gasteiger partial charge in [-0.15, -0.1) is 0 Å². The first-order valence-electron chi connectivity index (χ1n) is 32.9. The van der Waals surface area contributed by atoms with Crippen molar-refractivity contribution in [3.8, 4) is 0 Å². The number of hydrogen-bond donors (Lipinski definition) is 7. The Morgan fingerprint density at radius 1 is 0.462 bits per heavy atom. The fourth-order valence-corrected chi connectivity index (χ4v) is 10.2. The Morgan fingerprint density at radius 3 is 0.957 bits per heavy atom. The third kappa shape index (κ3) is 131. The average Bonchev–Trinajstić information content (AvgIpc) is 3.61. The van der Waals surface area contributed by atoms with Crippen LogP contribution in [-0.4, -0.2) is 68.3 Å². The van der Waals surface area contributed by atoms with Gasteiger partial charge in [0.1, 0.15) is 6.61 Å². The second-order valence-corrected chi connectivity index (χ2v) is 24.9. The fourth-order valence-electron chi connectivity index (χ4n) is 9.29. The number of esters is 2. The smallest absolute Gasteiger partial charge is 1.00 e. The second kappa shape index (κ2) is 101. The summed E-state index contributed by atoms with van der Waals surface area (Å²) in [5.41, 5.74) is 8.49. The molecule has 17 N–H and O–H groups in total. The maximum atomic E-state index is 12.3. The van der Waals surface area contributed by atoms with E-state index in [1.165, 1.54) is 180 Å². The molecule has 566 valence electrons. The van der Waals surface area contributed by atoms with Gasteiger partial charge >= 0.3 is 122 Å². The Hall–Kier alpha value is 2.33. The Kier molecular flexibility index (Phi) is 142. The van der Waals surface area contributed by atoms with Crippen molar-refractivity contribution in [2.45, 2.75) is 362 Å². The summed E-state index contributed by atoms with van der Waals surface area (Å²) >= 11 is 0. The number of carbonyl (C=O) groups is 2. The number of phosphoric acid groups is 2. The van der Waals surface area contributed by atoms with Gasteiger partial charge in [0, 0.05) is 33.9 Å². The molecule has 0 saturated carbocycles. The van der Waals surface area contributed by atoms with Crippen molar-refractivity contribution in [2.75, 3.05) is 13.2 Å². The Balaban J connectivity index is -0.0000000822. The molecule has 0 fully saturated rings. The van der Waals surface area contributed by atoms with Crippen molar-refractivity contribution < 1.29 is 192 Å². The predicted octanol–water partition coefficient (Wildman–Crippen LogP) is 15.8. The maximum absolute atomic E-state index is 12.3. The van der Waals surface area contributed by atoms with Crippen molar-refractivity contribution in [1.82, 2.24) is 0 Å². The van der Waals surface area contributed by atoms with Crippen LogP contribution < -0.4 is 97.3 Å². The third-order valence-corrected chi connectivity index (χ3v) is 15.0. The van der Waals surface area contributed by atoms with Crippen LogP contribution in [0.2, 0.25) is 0 Å². The molecule has 0 aromatic rings. The number of allylic oxidation sites excluding steroid dienone is 4. The van der Waals surface area contributed by atoms with Crippen LogP contribution in [0.15, 0.2) is 24.3 Å². The number of hydrogen-bond acceptors (Lipinski definition) is 13. The van der Waals surface area contributed by atoms with Crippen LogP contribution in [0.4, 0.5) is 0 Å². The van der Waals surface area contributed by atoms with E-state index in [0.717, 1.165) is 103 Å². The quantitative estimate of drug-likeness (QED) is 0.00566. The van der Waals surface area contributed by atoms with Crippen LogP contribution in [0.25, 0.3) is 24.6 Å². The van der Waals surface area contributed by atoms with E-state index in [2.05, 4.69) is 68.0 Å². The molecule has 0 aliphatic rings. The molecule has 1 unspecified atom stereocenters. The molecule has 0 rings (SSSR count). The predicted molar refractivity (Wildman–Crippen MR) is 380 cm³/mol. The molecule has 0 saturated heterocycles. The van der Waals surface area contributed by atoms with E-state index >= 15 is 0 Å². The van der Waals surface area contributed by atoms with Crippen molar-refractivity contribution in [3.05, 3.63) is 71.2 Å². The molecular weight excluding hydrogens is 1630 g/mol. The number of nitrogens with two attached hydrogens (primary N) is 6. The van der Waals surface area contributed by atoms with Gasteiger partial charge in [0.15, 0.2) is 6.10 Å². The number of rotatable bonds is 58. The van der Waals surface area contributed by atoms with Crippen molar-refractivity contribution in [3.63, 3.8) is 0 Å². The molecule has 0 aromatic heterocycles. The summed E-state index contributed by atoms with van der Waals surface area (Å²) in [6, 6.07) is -2.50. The number of carbonyl (C=O) groups excluding carboxylic acids is 2. The van der Waals surface area contributed by atoms with Gasteiger partial charge in [0.05, 0.1) is 12.7 Å². The summed E-state index contributed by atoms with van der Waals surface area (Å²) in [6.45, 7) is 8.05. The van der Waals surface area contributed by atoms with E-state index in [1.54, 1.807) is 0 Å². The van der Waals surface area contributed by atoms with Gasteiger partial charge in [0.2, 0.25) is 0 Å². The van der Waals surface area contributed by atoms with E-state index in [1.807, 2.05) is 0 Å². The zero-order chi connectivity index (χ0) is 60.8. The molecule has 0 aliphatic carbocycles. The monoisotopic (exact) mass is 1780 g/mol. The van der Waals surface area contributed by atoms with E-state index in [-0.39, 0.29) is 204 Å². The first-order valence-corrected chi connectivity index (χ1v) is 35.9. The molecule has 0 spiro atoms. The normalized spacial score (nSPS) is 11.4. The van der Waals surface area contributed by atoms with Gasteiger partial charge < -0.3 is 92.1 Å². The molecule has 0 bridgehead atoms. The third-order valence-electron chi connectivity index (χ3n) is 14.0. The van der Waals surface area contributed by atoms with Gasteiger partial charge in [-0.05, 0) is 77.0 Å². The van der Waals surface area contributed by atoms with Crippen LogP contribution in [0.5, 0.6) is 0 Å². The van der Waals surface area contributed by atoms with Gasteiger partial charge in [-0.3, -0.25) is 30.1 Å². The Bertz CT molecular complexity index is 1520. The molecule has 0 radical (unpaired) electrons. The van der Waals surface area contributed by atoms with Crippen molar-refractivity contribution >= 4 is 27.6 Å². The zero-order valence-electron chi connectivity index (χ0n) is 61.2. The standard InChI is InChI=1S/C39H73O8P.C23H49O4P.CH6N2O2.CH4.3CH3.K.4H2N.Na.2Pt.H/c1-3-5-7-9-11-13-15-17-19-21-23-25-27-29-31-33-38(40)45-35-37(36-46-48(42,43)44)47-39(41)34-32-30-28-26-24-22-20-18-16-14-12-10-8-6-4-2;1-3-5-7-9-11-13-15-17-19-21-23(27-28(24,25)26)22-20-18-16-14-12-10-8-6-4-2;2-1(3,4)5;;;;;;;;;;;;;/h17-20,37H,3-16,21-36H2,1-2H3,(H2,42,43,44);23H,3-22H2,1-2H3,(H2,24,25,26);4-5H,2-3H2;1H4;3*1H3;;4*1H2;;;;/q;;;;3*-1;+1;4*-1;+1;;+4;-1/p-1/b19-17-,20-18-;;;;;;;;;;;;;;;/t37-;;;;;;;;;;;;;;;/m1.............../s1. The van der Waals surface area contributed by atoms with Gasteiger partial charge in [0.25, 0.3) is 13.9 Å². The minimum atomic E-state index is -5.00. The SMILES string of the molecule is C.CCCCCCCC/C=C\CCCCCCCC(=O)OC[C@H](COP(=O)([O-])O)OC(=O)CCCCCCC/C=C\CCCCCCCC.CCCCCCCCCCCC(CCCCCCCCCCC)OP(=O)(O)O.NC(N)(O)O.[CH3-].[CH3-].[CH3-].[H-].[K+].[NH2-].[NH2-].[NH2-].[NH2-].[Na+].[Pt+4].[Pt]. The summed E-state index contributed by atoms with van der Waals surface area (Å²) in [4.78, 5) is 62.9. The number of ether oxygens (including phenoxy) is 2. The molecule has 2 atom stereocenters. The molecule has 20 nitrogen and oxygen atoms in total. The van der Waals surface area contributed by atoms with Crippen molar-refractivity contribution in [2.24, 2.45) is 11.5 Å². The number of phosphoric ester groups is 2. The minimum absolute atomic E-state index is 0. The Labute approximate surface area is 669 Å². The maximum Gasteiger partial charge on any atom is 4.00 e. The first kappa shape index (κ1) is 131. The summed E-state index contributed by atoms with van der Waals surface area (Å²) in [6.07, 6.45) is 62.7.